The number of benzene rings is 1. The van der Waals surface area contributed by atoms with Crippen LogP contribution in [-0.2, 0) is 4.74 Å². The lowest BCUT2D eigenvalue weighted by Gasteiger charge is -2.19. The molecule has 1 N–H and O–H groups in total. The van der Waals surface area contributed by atoms with Crippen LogP contribution in [0.5, 0.6) is 5.75 Å². The third kappa shape index (κ3) is 5.38. The number of carbonyl (C=O) groups excluding carboxylic acids is 1. The molecule has 0 saturated heterocycles. The summed E-state index contributed by atoms with van der Waals surface area (Å²) in [5.74, 6) is -0.554. The van der Waals surface area contributed by atoms with Gasteiger partial charge in [-0.1, -0.05) is 6.07 Å². The Bertz CT molecular complexity index is 504. The van der Waals surface area contributed by atoms with E-state index < -0.39 is 24.4 Å². The van der Waals surface area contributed by atoms with E-state index in [1.807, 2.05) is 0 Å². The van der Waals surface area contributed by atoms with Crippen LogP contribution < -0.4 is 10.1 Å². The standard InChI is InChI=1S/C11H9ClF4INO3/c12-4-5-20-10(19)18-8-6(17)2-1-3-7(8)21-11(15,16)9(13)14/h1-3,9H,4-5H2,(H,18,19). The quantitative estimate of drug-likeness (QED) is 0.406. The number of hydrogen-bond donors (Lipinski definition) is 1. The van der Waals surface area contributed by atoms with Gasteiger partial charge in [-0.3, -0.25) is 5.32 Å². The van der Waals surface area contributed by atoms with Crippen LogP contribution in [0.15, 0.2) is 18.2 Å². The van der Waals surface area contributed by atoms with Crippen molar-refractivity contribution in [3.05, 3.63) is 21.8 Å². The number of nitrogens with one attached hydrogen (secondary N) is 1. The zero-order chi connectivity index (χ0) is 16.0. The smallest absolute Gasteiger partial charge is 0.448 e. The van der Waals surface area contributed by atoms with Crippen LogP contribution in [0.25, 0.3) is 0 Å². The lowest BCUT2D eigenvalue weighted by atomic mass is 10.3. The van der Waals surface area contributed by atoms with Crippen molar-refractivity contribution >= 4 is 46.0 Å². The minimum absolute atomic E-state index is 0.0477. The third-order valence-corrected chi connectivity index (χ3v) is 3.07. The van der Waals surface area contributed by atoms with E-state index in [1.165, 1.54) is 12.1 Å². The maximum Gasteiger partial charge on any atom is 0.461 e. The highest BCUT2D eigenvalue weighted by Crippen LogP contribution is 2.35. The first-order valence-electron chi connectivity index (χ1n) is 5.41. The highest BCUT2D eigenvalue weighted by molar-refractivity contribution is 14.1. The van der Waals surface area contributed by atoms with Crippen molar-refractivity contribution < 1.29 is 31.8 Å². The van der Waals surface area contributed by atoms with Crippen molar-refractivity contribution in [2.24, 2.45) is 0 Å². The molecule has 0 fully saturated rings. The number of rotatable bonds is 6. The summed E-state index contributed by atoms with van der Waals surface area (Å²) in [7, 11) is 0. The van der Waals surface area contributed by atoms with E-state index in [1.54, 1.807) is 22.6 Å². The maximum absolute atomic E-state index is 12.9. The molecule has 0 spiro atoms. The first-order chi connectivity index (χ1) is 9.77. The van der Waals surface area contributed by atoms with Crippen LogP contribution in [0.3, 0.4) is 0 Å². The first-order valence-corrected chi connectivity index (χ1v) is 7.02. The Hall–Kier alpha value is -0.970. The highest BCUT2D eigenvalue weighted by Gasteiger charge is 2.44. The number of anilines is 1. The number of amides is 1. The van der Waals surface area contributed by atoms with Gasteiger partial charge in [-0.2, -0.15) is 17.6 Å². The largest absolute Gasteiger partial charge is 0.461 e. The fourth-order valence-electron chi connectivity index (χ4n) is 1.17. The molecular weight excluding hydrogens is 432 g/mol. The molecular formula is C11H9ClF4INO3. The predicted molar refractivity (Wildman–Crippen MR) is 76.4 cm³/mol. The average Bonchev–Trinajstić information content (AvgIpc) is 2.40. The second-order valence-corrected chi connectivity index (χ2v) is 5.07. The van der Waals surface area contributed by atoms with Gasteiger partial charge >= 0.3 is 18.6 Å². The van der Waals surface area contributed by atoms with Crippen LogP contribution in [0.1, 0.15) is 0 Å². The van der Waals surface area contributed by atoms with Crippen LogP contribution >= 0.6 is 34.2 Å². The Labute approximate surface area is 135 Å². The second-order valence-electron chi connectivity index (χ2n) is 3.53. The monoisotopic (exact) mass is 441 g/mol. The first kappa shape index (κ1) is 18.1. The maximum atomic E-state index is 12.9. The van der Waals surface area contributed by atoms with Gasteiger partial charge < -0.3 is 9.47 Å². The van der Waals surface area contributed by atoms with Crippen molar-refractivity contribution in [2.75, 3.05) is 17.8 Å². The number of carbonyl (C=O) groups is 1. The molecule has 10 heteroatoms. The van der Waals surface area contributed by atoms with Crippen LogP contribution in [0.4, 0.5) is 28.0 Å². The molecule has 21 heavy (non-hydrogen) atoms. The highest BCUT2D eigenvalue weighted by atomic mass is 127. The summed E-state index contributed by atoms with van der Waals surface area (Å²) in [6.45, 7) is -0.0970. The Morgan fingerprint density at radius 3 is 2.67 bits per heavy atom. The van der Waals surface area contributed by atoms with E-state index in [2.05, 4.69) is 14.8 Å². The number of hydrogen-bond acceptors (Lipinski definition) is 3. The Morgan fingerprint density at radius 2 is 2.10 bits per heavy atom. The van der Waals surface area contributed by atoms with Gasteiger partial charge in [-0.15, -0.1) is 11.6 Å². The number of ether oxygens (including phenoxy) is 2. The summed E-state index contributed by atoms with van der Waals surface area (Å²) in [5, 5.41) is 2.14. The summed E-state index contributed by atoms with van der Waals surface area (Å²) in [6, 6.07) is 3.80. The van der Waals surface area contributed by atoms with Gasteiger partial charge in [0.2, 0.25) is 0 Å². The summed E-state index contributed by atoms with van der Waals surface area (Å²) >= 11 is 7.04. The fraction of sp³-hybridized carbons (Fsp3) is 0.364. The Morgan fingerprint density at radius 1 is 1.43 bits per heavy atom. The van der Waals surface area contributed by atoms with E-state index in [-0.39, 0.29) is 18.2 Å². The van der Waals surface area contributed by atoms with Crippen LogP contribution in [0.2, 0.25) is 0 Å². The van der Waals surface area contributed by atoms with Gasteiger partial charge in [0.05, 0.1) is 11.6 Å². The number of para-hydroxylation sites is 1. The van der Waals surface area contributed by atoms with Gasteiger partial charge in [-0.25, -0.2) is 4.79 Å². The predicted octanol–water partition coefficient (Wildman–Crippen LogP) is 4.32. The molecule has 1 aromatic carbocycles. The molecule has 1 rings (SSSR count). The molecule has 4 nitrogen and oxygen atoms in total. The van der Waals surface area contributed by atoms with Crippen molar-refractivity contribution in [3.63, 3.8) is 0 Å². The molecule has 0 bridgehead atoms. The lowest BCUT2D eigenvalue weighted by molar-refractivity contribution is -0.252. The van der Waals surface area contributed by atoms with Gasteiger partial charge in [0, 0.05) is 3.57 Å². The summed E-state index contributed by atoms with van der Waals surface area (Å²) in [6.07, 6.45) is -9.66. The van der Waals surface area contributed by atoms with Crippen molar-refractivity contribution in [2.45, 2.75) is 12.5 Å². The lowest BCUT2D eigenvalue weighted by Crippen LogP contribution is -2.34. The van der Waals surface area contributed by atoms with E-state index in [0.29, 0.717) is 3.57 Å². The van der Waals surface area contributed by atoms with E-state index in [9.17, 15) is 22.4 Å². The van der Waals surface area contributed by atoms with Gasteiger partial charge in [0.1, 0.15) is 6.61 Å². The topological polar surface area (TPSA) is 47.6 Å². The molecule has 118 valence electrons. The molecule has 0 aliphatic heterocycles. The molecule has 0 atom stereocenters. The average molecular weight is 442 g/mol. The minimum atomic E-state index is -4.68. The molecule has 1 aromatic rings. The molecule has 0 aliphatic carbocycles. The SMILES string of the molecule is O=C(Nc1c(I)cccc1OC(F)(F)C(F)F)OCCCl. The van der Waals surface area contributed by atoms with E-state index in [0.717, 1.165) is 6.07 Å². The fourth-order valence-corrected chi connectivity index (χ4v) is 1.86. The number of halogens is 6. The third-order valence-electron chi connectivity index (χ3n) is 2.01. The molecule has 0 saturated carbocycles. The Kier molecular flexibility index (Phi) is 6.78. The van der Waals surface area contributed by atoms with Crippen LogP contribution in [-0.4, -0.2) is 31.1 Å². The Balaban J connectivity index is 2.95. The number of alkyl halides is 5. The molecule has 0 heterocycles. The molecule has 0 unspecified atom stereocenters. The van der Waals surface area contributed by atoms with E-state index in [4.69, 9.17) is 11.6 Å². The molecule has 1 amide bonds. The van der Waals surface area contributed by atoms with E-state index >= 15 is 0 Å². The van der Waals surface area contributed by atoms with Crippen LogP contribution in [0, 0.1) is 3.57 Å². The molecule has 0 aromatic heterocycles. The van der Waals surface area contributed by atoms with Crippen molar-refractivity contribution in [1.82, 2.24) is 0 Å². The van der Waals surface area contributed by atoms with Gasteiger partial charge in [-0.05, 0) is 34.7 Å². The summed E-state index contributed by atoms with van der Waals surface area (Å²) in [5.41, 5.74) is -0.196. The van der Waals surface area contributed by atoms with Crippen molar-refractivity contribution in [1.29, 1.82) is 0 Å². The van der Waals surface area contributed by atoms with Crippen molar-refractivity contribution in [3.8, 4) is 5.75 Å². The zero-order valence-corrected chi connectivity index (χ0v) is 13.1. The normalized spacial score (nSPS) is 11.4. The zero-order valence-electron chi connectivity index (χ0n) is 10.2. The van der Waals surface area contributed by atoms with Gasteiger partial charge in [0.25, 0.3) is 0 Å². The molecule has 0 aliphatic rings. The molecule has 0 radical (unpaired) electrons. The van der Waals surface area contributed by atoms with Gasteiger partial charge in [0.15, 0.2) is 5.75 Å². The summed E-state index contributed by atoms with van der Waals surface area (Å²) < 4.78 is 59.1. The summed E-state index contributed by atoms with van der Waals surface area (Å²) in [4.78, 5) is 11.4. The minimum Gasteiger partial charge on any atom is -0.448 e. The second kappa shape index (κ2) is 7.87.